The number of carbonyl (C=O) groups is 1. The van der Waals surface area contributed by atoms with E-state index in [1.165, 1.54) is 24.8 Å². The molecule has 0 saturated carbocycles. The molecule has 2 saturated heterocycles. The van der Waals surface area contributed by atoms with Gasteiger partial charge < -0.3 is 20.1 Å². The molecule has 150 valence electrons. The zero-order valence-corrected chi connectivity index (χ0v) is 16.4. The van der Waals surface area contributed by atoms with Crippen molar-refractivity contribution in [2.75, 3.05) is 46.4 Å². The van der Waals surface area contributed by atoms with E-state index in [-0.39, 0.29) is 18.1 Å². The van der Waals surface area contributed by atoms with E-state index in [0.717, 1.165) is 44.8 Å². The molecule has 6 heteroatoms. The minimum Gasteiger partial charge on any atom is -0.497 e. The second kappa shape index (κ2) is 10.6. The molecule has 3 rings (SSSR count). The van der Waals surface area contributed by atoms with Crippen LogP contribution in [0, 0.1) is 0 Å². The van der Waals surface area contributed by atoms with Crippen LogP contribution in [-0.2, 0) is 9.53 Å². The molecule has 0 bridgehead atoms. The molecule has 2 aliphatic heterocycles. The minimum absolute atomic E-state index is 0.0449. The van der Waals surface area contributed by atoms with Gasteiger partial charge in [-0.3, -0.25) is 9.69 Å². The van der Waals surface area contributed by atoms with Crippen LogP contribution in [0.25, 0.3) is 0 Å². The predicted octanol–water partition coefficient (Wildman–Crippen LogP) is 2.11. The number of nitrogens with one attached hydrogen (secondary N) is 2. The third kappa shape index (κ3) is 6.19. The number of carbonyl (C=O) groups excluding carboxylic acids is 1. The Morgan fingerprint density at radius 2 is 2.00 bits per heavy atom. The van der Waals surface area contributed by atoms with Crippen molar-refractivity contribution in [3.05, 3.63) is 29.8 Å². The summed E-state index contributed by atoms with van der Waals surface area (Å²) in [5, 5.41) is 6.34. The van der Waals surface area contributed by atoms with E-state index in [1.807, 2.05) is 12.1 Å². The van der Waals surface area contributed by atoms with Crippen molar-refractivity contribution in [3.63, 3.8) is 0 Å². The Morgan fingerprint density at radius 1 is 1.22 bits per heavy atom. The normalized spacial score (nSPS) is 21.7. The molecule has 0 aromatic heterocycles. The number of amides is 1. The maximum Gasteiger partial charge on any atom is 0.234 e. The smallest absolute Gasteiger partial charge is 0.234 e. The van der Waals surface area contributed by atoms with Crippen LogP contribution in [0.5, 0.6) is 5.75 Å². The van der Waals surface area contributed by atoms with E-state index >= 15 is 0 Å². The maximum atomic E-state index is 12.3. The van der Waals surface area contributed by atoms with Crippen LogP contribution in [-0.4, -0.2) is 63.4 Å². The number of hydrogen-bond donors (Lipinski definition) is 2. The van der Waals surface area contributed by atoms with Gasteiger partial charge >= 0.3 is 0 Å². The summed E-state index contributed by atoms with van der Waals surface area (Å²) >= 11 is 0. The zero-order valence-electron chi connectivity index (χ0n) is 16.4. The summed E-state index contributed by atoms with van der Waals surface area (Å²) in [6, 6.07) is 8.42. The fourth-order valence-corrected chi connectivity index (χ4v) is 3.94. The molecule has 0 radical (unpaired) electrons. The highest BCUT2D eigenvalue weighted by molar-refractivity contribution is 5.78. The van der Waals surface area contributed by atoms with Gasteiger partial charge in [-0.05, 0) is 56.5 Å². The van der Waals surface area contributed by atoms with E-state index in [0.29, 0.717) is 13.1 Å². The zero-order chi connectivity index (χ0) is 18.9. The lowest BCUT2D eigenvalue weighted by atomic mass is 10.0. The molecule has 2 unspecified atom stereocenters. The van der Waals surface area contributed by atoms with Gasteiger partial charge in [0, 0.05) is 19.7 Å². The van der Waals surface area contributed by atoms with E-state index in [9.17, 15) is 4.79 Å². The summed E-state index contributed by atoms with van der Waals surface area (Å²) in [6.45, 7) is 4.75. The lowest BCUT2D eigenvalue weighted by molar-refractivity contribution is -0.120. The van der Waals surface area contributed by atoms with Gasteiger partial charge in [-0.25, -0.2) is 0 Å². The van der Waals surface area contributed by atoms with E-state index in [1.54, 1.807) is 7.11 Å². The summed E-state index contributed by atoms with van der Waals surface area (Å²) in [5.41, 5.74) is 1.23. The number of ether oxygens (including phenoxy) is 2. The fraction of sp³-hybridized carbons (Fsp3) is 0.667. The lowest BCUT2D eigenvalue weighted by Gasteiger charge is -2.35. The first-order valence-electron chi connectivity index (χ1n) is 10.2. The second-order valence-electron chi connectivity index (χ2n) is 7.46. The predicted molar refractivity (Wildman–Crippen MR) is 106 cm³/mol. The van der Waals surface area contributed by atoms with Gasteiger partial charge in [0.05, 0.1) is 25.8 Å². The summed E-state index contributed by atoms with van der Waals surface area (Å²) in [7, 11) is 1.68. The quantitative estimate of drug-likeness (QED) is 0.692. The Hall–Kier alpha value is -1.63. The second-order valence-corrected chi connectivity index (χ2v) is 7.46. The number of methoxy groups -OCH3 is 1. The monoisotopic (exact) mass is 375 g/mol. The van der Waals surface area contributed by atoms with Gasteiger partial charge in [-0.15, -0.1) is 0 Å². The Labute approximate surface area is 162 Å². The van der Waals surface area contributed by atoms with Crippen LogP contribution in [0.15, 0.2) is 24.3 Å². The SMILES string of the molecule is COc1ccc(C(CNC(=O)CNCC2CCCO2)N2CCCCC2)cc1. The number of benzene rings is 1. The summed E-state index contributed by atoms with van der Waals surface area (Å²) in [5.74, 6) is 0.905. The first kappa shape index (κ1) is 20.1. The molecule has 2 fully saturated rings. The van der Waals surface area contributed by atoms with E-state index in [4.69, 9.17) is 9.47 Å². The summed E-state index contributed by atoms with van der Waals surface area (Å²) < 4.78 is 10.9. The molecular weight excluding hydrogens is 342 g/mol. The van der Waals surface area contributed by atoms with Crippen LogP contribution in [0.2, 0.25) is 0 Å². The lowest BCUT2D eigenvalue weighted by Crippen LogP contribution is -2.43. The van der Waals surface area contributed by atoms with Crippen molar-refractivity contribution in [3.8, 4) is 5.75 Å². The number of hydrogen-bond acceptors (Lipinski definition) is 5. The third-order valence-corrected chi connectivity index (χ3v) is 5.51. The molecular formula is C21H33N3O3. The van der Waals surface area contributed by atoms with Crippen LogP contribution < -0.4 is 15.4 Å². The molecule has 2 aliphatic rings. The van der Waals surface area contributed by atoms with Gasteiger partial charge in [-0.1, -0.05) is 18.6 Å². The maximum absolute atomic E-state index is 12.3. The Morgan fingerprint density at radius 3 is 2.67 bits per heavy atom. The van der Waals surface area contributed by atoms with Gasteiger partial charge in [0.1, 0.15) is 5.75 Å². The minimum atomic E-state index is 0.0449. The number of nitrogens with zero attached hydrogens (tertiary/aromatic N) is 1. The fourth-order valence-electron chi connectivity index (χ4n) is 3.94. The average Bonchev–Trinajstić information content (AvgIpc) is 3.23. The highest BCUT2D eigenvalue weighted by Gasteiger charge is 2.23. The molecule has 27 heavy (non-hydrogen) atoms. The van der Waals surface area contributed by atoms with Gasteiger partial charge in [-0.2, -0.15) is 0 Å². The first-order chi connectivity index (χ1) is 13.3. The van der Waals surface area contributed by atoms with Gasteiger partial charge in [0.15, 0.2) is 0 Å². The summed E-state index contributed by atoms with van der Waals surface area (Å²) in [6.07, 6.45) is 6.22. The Balaban J connectivity index is 1.51. The van der Waals surface area contributed by atoms with Crippen LogP contribution in [0.4, 0.5) is 0 Å². The molecule has 1 amide bonds. The van der Waals surface area contributed by atoms with E-state index < -0.39 is 0 Å². The van der Waals surface area contributed by atoms with Crippen molar-refractivity contribution >= 4 is 5.91 Å². The largest absolute Gasteiger partial charge is 0.497 e. The molecule has 0 aliphatic carbocycles. The topological polar surface area (TPSA) is 62.8 Å². The van der Waals surface area contributed by atoms with Crippen molar-refractivity contribution in [1.29, 1.82) is 0 Å². The standard InChI is InChI=1S/C21H33N3O3/c1-26-18-9-7-17(8-10-18)20(24-11-3-2-4-12-24)15-23-21(25)16-22-14-19-6-5-13-27-19/h7-10,19-20,22H,2-6,11-16H2,1H3,(H,23,25). The first-order valence-corrected chi connectivity index (χ1v) is 10.2. The Kier molecular flexibility index (Phi) is 7.93. The number of rotatable bonds is 9. The molecule has 0 spiro atoms. The molecule has 2 heterocycles. The molecule has 1 aromatic carbocycles. The third-order valence-electron chi connectivity index (χ3n) is 5.51. The Bertz CT molecular complexity index is 567. The van der Waals surface area contributed by atoms with Crippen LogP contribution in [0.1, 0.15) is 43.7 Å². The van der Waals surface area contributed by atoms with Gasteiger partial charge in [0.2, 0.25) is 5.91 Å². The van der Waals surface area contributed by atoms with Gasteiger partial charge in [0.25, 0.3) is 0 Å². The van der Waals surface area contributed by atoms with Crippen LogP contribution >= 0.6 is 0 Å². The molecule has 2 N–H and O–H groups in total. The molecule has 1 aromatic rings. The van der Waals surface area contributed by atoms with Crippen LogP contribution in [0.3, 0.4) is 0 Å². The summed E-state index contributed by atoms with van der Waals surface area (Å²) in [4.78, 5) is 14.8. The highest BCUT2D eigenvalue weighted by Crippen LogP contribution is 2.25. The molecule has 6 nitrogen and oxygen atoms in total. The number of piperidine rings is 1. The molecule has 2 atom stereocenters. The number of likely N-dealkylation sites (tertiary alicyclic amines) is 1. The van der Waals surface area contributed by atoms with Crippen molar-refractivity contribution in [2.45, 2.75) is 44.2 Å². The van der Waals surface area contributed by atoms with Crippen molar-refractivity contribution in [2.24, 2.45) is 0 Å². The average molecular weight is 376 g/mol. The van der Waals surface area contributed by atoms with Crippen molar-refractivity contribution in [1.82, 2.24) is 15.5 Å². The van der Waals surface area contributed by atoms with Crippen molar-refractivity contribution < 1.29 is 14.3 Å². The highest BCUT2D eigenvalue weighted by atomic mass is 16.5. The van der Waals surface area contributed by atoms with E-state index in [2.05, 4.69) is 27.7 Å².